The highest BCUT2D eigenvalue weighted by molar-refractivity contribution is 9.10. The normalized spacial score (nSPS) is 9.69. The first-order chi connectivity index (χ1) is 6.13. The molecule has 0 radical (unpaired) electrons. The lowest BCUT2D eigenvalue weighted by molar-refractivity contribution is 1.14. The van der Waals surface area contributed by atoms with Crippen LogP contribution in [0.1, 0.15) is 12.5 Å². The van der Waals surface area contributed by atoms with Gasteiger partial charge in [-0.3, -0.25) is 5.41 Å². The van der Waals surface area contributed by atoms with Crippen LogP contribution in [-0.4, -0.2) is 5.96 Å². The van der Waals surface area contributed by atoms with Gasteiger partial charge in [0.05, 0.1) is 5.69 Å². The second kappa shape index (κ2) is 4.28. The number of nitrogens with two attached hydrogens (primary N) is 1. The monoisotopic (exact) mass is 241 g/mol. The molecule has 0 spiro atoms. The Morgan fingerprint density at radius 2 is 2.31 bits per heavy atom. The lowest BCUT2D eigenvalue weighted by Crippen LogP contribution is -2.20. The van der Waals surface area contributed by atoms with Crippen LogP contribution in [0.5, 0.6) is 0 Å². The fourth-order valence-electron chi connectivity index (χ4n) is 1.03. The van der Waals surface area contributed by atoms with Gasteiger partial charge in [-0.15, -0.1) is 0 Å². The zero-order valence-electron chi connectivity index (χ0n) is 7.39. The van der Waals surface area contributed by atoms with Crippen molar-refractivity contribution in [2.24, 2.45) is 5.73 Å². The fourth-order valence-corrected chi connectivity index (χ4v) is 1.38. The van der Waals surface area contributed by atoms with Crippen LogP contribution in [-0.2, 0) is 6.42 Å². The first kappa shape index (κ1) is 10.1. The molecule has 1 rings (SSSR count). The Hall–Kier alpha value is -1.03. The number of aryl methyl sites for hydroxylation is 1. The maximum Gasteiger partial charge on any atom is 0.190 e. The van der Waals surface area contributed by atoms with Gasteiger partial charge in [-0.1, -0.05) is 13.0 Å². The molecule has 0 heterocycles. The van der Waals surface area contributed by atoms with Gasteiger partial charge in [0.25, 0.3) is 0 Å². The van der Waals surface area contributed by atoms with Crippen molar-refractivity contribution in [2.45, 2.75) is 13.3 Å². The molecule has 1 aromatic rings. The summed E-state index contributed by atoms with van der Waals surface area (Å²) in [6, 6.07) is 5.96. The number of benzene rings is 1. The summed E-state index contributed by atoms with van der Waals surface area (Å²) < 4.78 is 0.917. The summed E-state index contributed by atoms with van der Waals surface area (Å²) in [7, 11) is 0. The average molecular weight is 242 g/mol. The standard InChI is InChI=1S/C9H12BrN3/c1-2-6-3-4-7(10)8(5-6)13-9(11)12/h3-5H,2H2,1H3,(H4,11,12,13). The largest absolute Gasteiger partial charge is 0.370 e. The predicted octanol–water partition coefficient (Wildman–Crippen LogP) is 2.32. The minimum absolute atomic E-state index is 0.0473. The van der Waals surface area contributed by atoms with Crippen LogP contribution in [0.25, 0.3) is 0 Å². The van der Waals surface area contributed by atoms with Crippen molar-refractivity contribution >= 4 is 27.6 Å². The predicted molar refractivity (Wildman–Crippen MR) is 59.1 cm³/mol. The Labute approximate surface area is 86.0 Å². The third-order valence-corrected chi connectivity index (χ3v) is 2.40. The molecule has 0 aliphatic heterocycles. The highest BCUT2D eigenvalue weighted by atomic mass is 79.9. The van der Waals surface area contributed by atoms with Gasteiger partial charge in [-0.25, -0.2) is 0 Å². The second-order valence-corrected chi connectivity index (χ2v) is 3.56. The number of hydrogen-bond acceptors (Lipinski definition) is 1. The number of rotatable bonds is 2. The van der Waals surface area contributed by atoms with Crippen LogP contribution >= 0.6 is 15.9 Å². The summed E-state index contributed by atoms with van der Waals surface area (Å²) in [4.78, 5) is 0. The minimum Gasteiger partial charge on any atom is -0.370 e. The summed E-state index contributed by atoms with van der Waals surface area (Å²) >= 11 is 3.37. The van der Waals surface area contributed by atoms with E-state index in [9.17, 15) is 0 Å². The molecule has 4 heteroatoms. The Kier molecular flexibility index (Phi) is 3.31. The van der Waals surface area contributed by atoms with E-state index in [4.69, 9.17) is 11.1 Å². The molecule has 0 saturated carbocycles. The molecule has 0 bridgehead atoms. The summed E-state index contributed by atoms with van der Waals surface area (Å²) in [5.74, 6) is -0.0473. The highest BCUT2D eigenvalue weighted by Crippen LogP contribution is 2.23. The first-order valence-corrected chi connectivity index (χ1v) is 4.82. The van der Waals surface area contributed by atoms with Crippen molar-refractivity contribution in [3.63, 3.8) is 0 Å². The first-order valence-electron chi connectivity index (χ1n) is 4.03. The third kappa shape index (κ3) is 2.73. The number of hydrogen-bond donors (Lipinski definition) is 3. The zero-order chi connectivity index (χ0) is 9.84. The van der Waals surface area contributed by atoms with E-state index in [1.807, 2.05) is 18.2 Å². The van der Waals surface area contributed by atoms with E-state index in [1.54, 1.807) is 0 Å². The van der Waals surface area contributed by atoms with E-state index < -0.39 is 0 Å². The van der Waals surface area contributed by atoms with E-state index in [1.165, 1.54) is 5.56 Å². The molecule has 0 aromatic heterocycles. The summed E-state index contributed by atoms with van der Waals surface area (Å²) in [5.41, 5.74) is 7.29. The minimum atomic E-state index is -0.0473. The van der Waals surface area contributed by atoms with Crippen LogP contribution in [0.15, 0.2) is 22.7 Å². The van der Waals surface area contributed by atoms with E-state index in [0.29, 0.717) is 0 Å². The summed E-state index contributed by atoms with van der Waals surface area (Å²) in [6.07, 6.45) is 0.972. The van der Waals surface area contributed by atoms with Gasteiger partial charge in [0.15, 0.2) is 5.96 Å². The molecule has 0 amide bonds. The maximum atomic E-state index is 7.10. The Balaban J connectivity index is 2.96. The summed E-state index contributed by atoms with van der Waals surface area (Å²) in [6.45, 7) is 2.08. The lowest BCUT2D eigenvalue weighted by Gasteiger charge is -2.07. The van der Waals surface area contributed by atoms with Gasteiger partial charge in [0.2, 0.25) is 0 Å². The van der Waals surface area contributed by atoms with Gasteiger partial charge in [0, 0.05) is 4.47 Å². The van der Waals surface area contributed by atoms with Gasteiger partial charge in [-0.05, 0) is 40.0 Å². The quantitative estimate of drug-likeness (QED) is 0.550. The van der Waals surface area contributed by atoms with E-state index in [-0.39, 0.29) is 5.96 Å². The fraction of sp³-hybridized carbons (Fsp3) is 0.222. The third-order valence-electron chi connectivity index (χ3n) is 1.71. The van der Waals surface area contributed by atoms with Crippen molar-refractivity contribution in [1.29, 1.82) is 5.41 Å². The van der Waals surface area contributed by atoms with E-state index >= 15 is 0 Å². The molecule has 4 N–H and O–H groups in total. The van der Waals surface area contributed by atoms with Gasteiger partial charge in [0.1, 0.15) is 0 Å². The molecule has 70 valence electrons. The SMILES string of the molecule is CCc1ccc(Br)c(NC(=N)N)c1. The van der Waals surface area contributed by atoms with E-state index in [2.05, 4.69) is 28.2 Å². The van der Waals surface area contributed by atoms with Crippen LogP contribution in [0.2, 0.25) is 0 Å². The van der Waals surface area contributed by atoms with Gasteiger partial charge < -0.3 is 11.1 Å². The summed E-state index contributed by atoms with van der Waals surface area (Å²) in [5, 5.41) is 9.86. The molecule has 0 aliphatic rings. The van der Waals surface area contributed by atoms with E-state index in [0.717, 1.165) is 16.6 Å². The van der Waals surface area contributed by atoms with Crippen molar-refractivity contribution in [2.75, 3.05) is 5.32 Å². The Morgan fingerprint density at radius 1 is 1.62 bits per heavy atom. The van der Waals surface area contributed by atoms with Crippen LogP contribution < -0.4 is 11.1 Å². The molecule has 0 aliphatic carbocycles. The van der Waals surface area contributed by atoms with Gasteiger partial charge >= 0.3 is 0 Å². The maximum absolute atomic E-state index is 7.10. The molecule has 0 unspecified atom stereocenters. The zero-order valence-corrected chi connectivity index (χ0v) is 8.98. The van der Waals surface area contributed by atoms with Crippen molar-refractivity contribution in [3.8, 4) is 0 Å². The number of nitrogens with one attached hydrogen (secondary N) is 2. The second-order valence-electron chi connectivity index (χ2n) is 2.71. The van der Waals surface area contributed by atoms with Crippen LogP contribution in [0, 0.1) is 5.41 Å². The van der Waals surface area contributed by atoms with Crippen molar-refractivity contribution in [1.82, 2.24) is 0 Å². The topological polar surface area (TPSA) is 61.9 Å². The number of halogens is 1. The Morgan fingerprint density at radius 3 is 2.85 bits per heavy atom. The molecule has 13 heavy (non-hydrogen) atoms. The molecule has 0 atom stereocenters. The van der Waals surface area contributed by atoms with Crippen molar-refractivity contribution in [3.05, 3.63) is 28.2 Å². The number of anilines is 1. The molecular formula is C9H12BrN3. The Bertz CT molecular complexity index is 323. The van der Waals surface area contributed by atoms with Crippen LogP contribution in [0.4, 0.5) is 5.69 Å². The average Bonchev–Trinajstić information content (AvgIpc) is 2.08. The highest BCUT2D eigenvalue weighted by Gasteiger charge is 2.00. The van der Waals surface area contributed by atoms with Crippen LogP contribution in [0.3, 0.4) is 0 Å². The molecule has 1 aromatic carbocycles. The lowest BCUT2D eigenvalue weighted by atomic mass is 10.1. The smallest absolute Gasteiger partial charge is 0.190 e. The van der Waals surface area contributed by atoms with Crippen molar-refractivity contribution < 1.29 is 0 Å². The van der Waals surface area contributed by atoms with Gasteiger partial charge in [-0.2, -0.15) is 0 Å². The number of guanidine groups is 1. The molecule has 0 saturated heterocycles. The molecule has 3 nitrogen and oxygen atoms in total. The molecule has 0 fully saturated rings. The molecular weight excluding hydrogens is 230 g/mol.